The van der Waals surface area contributed by atoms with Gasteiger partial charge in [-0.1, -0.05) is 0 Å². The van der Waals surface area contributed by atoms with Crippen LogP contribution in [0.3, 0.4) is 0 Å². The molecule has 0 saturated heterocycles. The number of allylic oxidation sites excluding steroid dienone is 2. The van der Waals surface area contributed by atoms with Crippen LogP contribution in [-0.4, -0.2) is 43.7 Å². The smallest absolute Gasteiger partial charge is 0.350 e. The predicted molar refractivity (Wildman–Crippen MR) is 91.3 cm³/mol. The van der Waals surface area contributed by atoms with Crippen molar-refractivity contribution in [1.29, 1.82) is 0 Å². The van der Waals surface area contributed by atoms with Crippen LogP contribution in [0.2, 0.25) is 0 Å². The lowest BCUT2D eigenvalue weighted by Gasteiger charge is -2.26. The van der Waals surface area contributed by atoms with Gasteiger partial charge in [-0.05, 0) is 31.4 Å². The highest BCUT2D eigenvalue weighted by Crippen LogP contribution is 2.26. The molecule has 2 aliphatic rings. The third-order valence-electron chi connectivity index (χ3n) is 3.33. The Morgan fingerprint density at radius 3 is 2.88 bits per heavy atom. The molecular weight excluding hydrogens is 354 g/mol. The van der Waals surface area contributed by atoms with Crippen molar-refractivity contribution in [2.24, 2.45) is 9.98 Å². The zero-order valence-corrected chi connectivity index (χ0v) is 14.7. The third kappa shape index (κ3) is 2.87. The van der Waals surface area contributed by atoms with E-state index >= 15 is 0 Å². The minimum Gasteiger partial charge on any atom is -0.465 e. The minimum atomic E-state index is -4.00. The monoisotopic (exact) mass is 369 g/mol. The number of thiophene rings is 1. The molecule has 9 nitrogen and oxygen atoms in total. The fourth-order valence-electron chi connectivity index (χ4n) is 2.26. The molecule has 1 unspecified atom stereocenters. The van der Waals surface area contributed by atoms with Gasteiger partial charge in [0, 0.05) is 11.4 Å². The molecular formula is C13H15N5O4S2. The Kier molecular flexibility index (Phi) is 4.05. The summed E-state index contributed by atoms with van der Waals surface area (Å²) < 4.78 is 32.1. The van der Waals surface area contributed by atoms with Crippen molar-refractivity contribution in [3.8, 4) is 0 Å². The molecule has 3 heterocycles. The van der Waals surface area contributed by atoms with E-state index in [9.17, 15) is 13.2 Å². The predicted octanol–water partition coefficient (Wildman–Crippen LogP) is 1.11. The van der Waals surface area contributed by atoms with Crippen LogP contribution in [0.1, 0.15) is 23.5 Å². The summed E-state index contributed by atoms with van der Waals surface area (Å²) in [4.78, 5) is 20.2. The molecule has 2 aliphatic heterocycles. The molecule has 0 aliphatic carbocycles. The number of aliphatic imine (C=N–C) groups is 2. The number of hydrazine groups is 1. The Balaban J connectivity index is 1.86. The van der Waals surface area contributed by atoms with Gasteiger partial charge in [-0.3, -0.25) is 10.1 Å². The van der Waals surface area contributed by atoms with Crippen LogP contribution in [0.4, 0.5) is 5.69 Å². The topological polar surface area (TPSA) is 112 Å². The minimum absolute atomic E-state index is 0.146. The van der Waals surface area contributed by atoms with Gasteiger partial charge in [0.05, 0.1) is 12.8 Å². The number of carbonyl (C=O) groups is 1. The lowest BCUT2D eigenvalue weighted by atomic mass is 10.3. The second kappa shape index (κ2) is 5.91. The maximum Gasteiger partial charge on any atom is 0.350 e. The zero-order chi connectivity index (χ0) is 17.5. The van der Waals surface area contributed by atoms with Crippen molar-refractivity contribution in [3.63, 3.8) is 0 Å². The molecule has 128 valence electrons. The summed E-state index contributed by atoms with van der Waals surface area (Å²) in [7, 11) is -2.76. The Morgan fingerprint density at radius 1 is 1.42 bits per heavy atom. The number of esters is 1. The summed E-state index contributed by atoms with van der Waals surface area (Å²) in [5.74, 6) is -0.611. The quantitative estimate of drug-likeness (QED) is 0.772. The van der Waals surface area contributed by atoms with Gasteiger partial charge in [0.25, 0.3) is 15.2 Å². The van der Waals surface area contributed by atoms with Gasteiger partial charge in [0.2, 0.25) is 6.29 Å². The number of nitrogens with zero attached hydrogens (tertiary/aromatic N) is 3. The number of sulfonamides is 1. The second-order valence-corrected chi connectivity index (χ2v) is 7.59. The van der Waals surface area contributed by atoms with E-state index in [4.69, 9.17) is 0 Å². The van der Waals surface area contributed by atoms with E-state index in [1.807, 2.05) is 19.9 Å². The molecule has 1 atom stereocenters. The first-order chi connectivity index (χ1) is 11.3. The van der Waals surface area contributed by atoms with Crippen LogP contribution in [-0.2, 0) is 14.8 Å². The summed E-state index contributed by atoms with van der Waals surface area (Å²) >= 11 is 1.08. The van der Waals surface area contributed by atoms with Crippen molar-refractivity contribution in [2.45, 2.75) is 20.1 Å². The van der Waals surface area contributed by atoms with Crippen LogP contribution in [0.25, 0.3) is 0 Å². The van der Waals surface area contributed by atoms with Gasteiger partial charge in [-0.2, -0.15) is 8.42 Å². The molecule has 1 aromatic rings. The zero-order valence-electron chi connectivity index (χ0n) is 13.1. The summed E-state index contributed by atoms with van der Waals surface area (Å²) in [5.41, 5.74) is 4.43. The summed E-state index contributed by atoms with van der Waals surface area (Å²) in [6.07, 6.45) is 1.15. The maximum atomic E-state index is 12.5. The third-order valence-corrected chi connectivity index (χ3v) is 5.42. The first-order valence-corrected chi connectivity index (χ1v) is 9.23. The molecule has 1 aromatic heterocycles. The van der Waals surface area contributed by atoms with Gasteiger partial charge < -0.3 is 4.74 Å². The van der Waals surface area contributed by atoms with Crippen molar-refractivity contribution in [1.82, 2.24) is 10.4 Å². The van der Waals surface area contributed by atoms with Crippen LogP contribution in [0.15, 0.2) is 33.2 Å². The first kappa shape index (κ1) is 16.5. The van der Waals surface area contributed by atoms with E-state index in [1.54, 1.807) is 10.4 Å². The van der Waals surface area contributed by atoms with E-state index in [2.05, 4.69) is 24.9 Å². The van der Waals surface area contributed by atoms with Crippen LogP contribution < -0.4 is 10.1 Å². The molecule has 0 spiro atoms. The summed E-state index contributed by atoms with van der Waals surface area (Å²) in [6, 6.07) is 1.49. The number of rotatable bonds is 3. The number of methoxy groups -OCH3 is 1. The molecule has 2 N–H and O–H groups in total. The number of hydrogen-bond donors (Lipinski definition) is 2. The molecule has 0 fully saturated rings. The Morgan fingerprint density at radius 2 is 2.17 bits per heavy atom. The lowest BCUT2D eigenvalue weighted by Crippen LogP contribution is -2.43. The van der Waals surface area contributed by atoms with E-state index in [1.165, 1.54) is 13.2 Å². The molecule has 0 radical (unpaired) electrons. The van der Waals surface area contributed by atoms with E-state index in [0.717, 1.165) is 22.7 Å². The summed E-state index contributed by atoms with van der Waals surface area (Å²) in [5, 5.41) is 2.88. The van der Waals surface area contributed by atoms with Crippen LogP contribution in [0, 0.1) is 0 Å². The van der Waals surface area contributed by atoms with E-state index < -0.39 is 22.3 Å². The standard InChI is InChI=1S/C13H15N5O4S2/c1-7-6-8(2)18-12(14-7)15-13(16-18)24(20,21)17-9-4-5-23-10(9)11(19)22-3/h4-6,12,17H,1-3H3,(H,15,16). The van der Waals surface area contributed by atoms with Crippen molar-refractivity contribution < 1.29 is 17.9 Å². The Hall–Kier alpha value is -2.40. The van der Waals surface area contributed by atoms with Gasteiger partial charge >= 0.3 is 5.97 Å². The molecule has 0 aromatic carbocycles. The normalized spacial score (nSPS) is 19.7. The average Bonchev–Trinajstić information content (AvgIpc) is 3.13. The highest BCUT2D eigenvalue weighted by Gasteiger charge is 2.35. The van der Waals surface area contributed by atoms with Gasteiger partial charge in [0.15, 0.2) is 0 Å². The lowest BCUT2D eigenvalue weighted by molar-refractivity contribution is 0.0607. The molecule has 0 amide bonds. The van der Waals surface area contributed by atoms with Crippen molar-refractivity contribution >= 4 is 43.9 Å². The molecule has 0 bridgehead atoms. The largest absolute Gasteiger partial charge is 0.465 e. The number of nitrogens with one attached hydrogen (secondary N) is 2. The SMILES string of the molecule is COC(=O)c1sccc1NS(=O)(=O)C1=NC2N=C(C)C=C(C)N2N1. The number of ether oxygens (including phenoxy) is 1. The second-order valence-electron chi connectivity index (χ2n) is 5.08. The van der Waals surface area contributed by atoms with Gasteiger partial charge in [-0.25, -0.2) is 19.8 Å². The highest BCUT2D eigenvalue weighted by molar-refractivity contribution is 8.07. The number of amidine groups is 1. The van der Waals surface area contributed by atoms with Gasteiger partial charge in [0.1, 0.15) is 4.88 Å². The highest BCUT2D eigenvalue weighted by atomic mass is 32.2. The van der Waals surface area contributed by atoms with Crippen LogP contribution >= 0.6 is 11.3 Å². The van der Waals surface area contributed by atoms with Gasteiger partial charge in [-0.15, -0.1) is 11.3 Å². The fraction of sp³-hybridized carbons (Fsp3) is 0.308. The van der Waals surface area contributed by atoms with E-state index in [0.29, 0.717) is 0 Å². The first-order valence-electron chi connectivity index (χ1n) is 6.87. The van der Waals surface area contributed by atoms with Crippen molar-refractivity contribution in [2.75, 3.05) is 11.8 Å². The molecule has 3 rings (SSSR count). The average molecular weight is 369 g/mol. The maximum absolute atomic E-state index is 12.5. The van der Waals surface area contributed by atoms with Crippen LogP contribution in [0.5, 0.6) is 0 Å². The number of anilines is 1. The summed E-state index contributed by atoms with van der Waals surface area (Å²) in [6.45, 7) is 3.64. The van der Waals surface area contributed by atoms with E-state index in [-0.39, 0.29) is 15.7 Å². The Bertz CT molecular complexity index is 884. The fourth-order valence-corrected chi connectivity index (χ4v) is 4.10. The number of carbonyl (C=O) groups excluding carboxylic acids is 1. The molecule has 0 saturated carbocycles. The number of hydrogen-bond acceptors (Lipinski definition) is 9. The Labute approximate surface area is 142 Å². The number of fused-ring (bicyclic) bond motifs is 1. The molecule has 24 heavy (non-hydrogen) atoms. The van der Waals surface area contributed by atoms with Crippen molar-refractivity contribution in [3.05, 3.63) is 28.1 Å². The molecule has 11 heteroatoms.